The third-order valence-corrected chi connectivity index (χ3v) is 5.92. The van der Waals surface area contributed by atoms with Crippen molar-refractivity contribution in [2.75, 3.05) is 37.4 Å². The van der Waals surface area contributed by atoms with Crippen LogP contribution in [0.5, 0.6) is 0 Å². The summed E-state index contributed by atoms with van der Waals surface area (Å²) in [7, 11) is 4.16. The van der Waals surface area contributed by atoms with Crippen molar-refractivity contribution in [3.05, 3.63) is 34.7 Å². The Kier molecular flexibility index (Phi) is 5.95. The van der Waals surface area contributed by atoms with Crippen molar-refractivity contribution in [1.29, 1.82) is 0 Å². The Hall–Kier alpha value is -2.23. The summed E-state index contributed by atoms with van der Waals surface area (Å²) < 4.78 is 26.2. The van der Waals surface area contributed by atoms with Gasteiger partial charge in [0.25, 0.3) is 6.43 Å². The van der Waals surface area contributed by atoms with Gasteiger partial charge in [0.05, 0.1) is 28.1 Å². The van der Waals surface area contributed by atoms with Crippen LogP contribution in [0.2, 0.25) is 10.2 Å². The lowest BCUT2D eigenvalue weighted by atomic mass is 10.2. The van der Waals surface area contributed by atoms with Crippen LogP contribution in [-0.4, -0.2) is 64.3 Å². The first kappa shape index (κ1) is 21.0. The number of rotatable bonds is 6. The summed E-state index contributed by atoms with van der Waals surface area (Å²) in [5.74, 6) is 0.293. The fourth-order valence-corrected chi connectivity index (χ4v) is 4.06. The van der Waals surface area contributed by atoms with Gasteiger partial charge in [0.1, 0.15) is 6.54 Å². The van der Waals surface area contributed by atoms with E-state index in [1.165, 1.54) is 6.20 Å². The maximum atomic E-state index is 12.6. The molecule has 11 heteroatoms. The van der Waals surface area contributed by atoms with E-state index in [-0.39, 0.29) is 5.15 Å². The van der Waals surface area contributed by atoms with Gasteiger partial charge in [0.15, 0.2) is 5.15 Å². The van der Waals surface area contributed by atoms with E-state index in [4.69, 9.17) is 23.2 Å². The SMILES string of the molecule is CN(C)[C@@H]1CCN(c2cc3nc(Nc4cnn(CC(F)F)c4Cl)ncc3cc2Cl)C1. The average Bonchev–Trinajstić information content (AvgIpc) is 3.30. The number of aromatic nitrogens is 4. The molecule has 7 nitrogen and oxygen atoms in total. The molecule has 0 saturated carbocycles. The van der Waals surface area contributed by atoms with Gasteiger partial charge in [-0.05, 0) is 32.6 Å². The molecule has 4 rings (SSSR count). The minimum absolute atomic E-state index is 0.0718. The molecule has 0 amide bonds. The largest absolute Gasteiger partial charge is 0.369 e. The van der Waals surface area contributed by atoms with Gasteiger partial charge in [0.2, 0.25) is 5.95 Å². The zero-order valence-electron chi connectivity index (χ0n) is 16.5. The van der Waals surface area contributed by atoms with E-state index in [0.29, 0.717) is 22.7 Å². The summed E-state index contributed by atoms with van der Waals surface area (Å²) in [6, 6.07) is 4.28. The highest BCUT2D eigenvalue weighted by Gasteiger charge is 2.25. The van der Waals surface area contributed by atoms with Gasteiger partial charge >= 0.3 is 0 Å². The second-order valence-electron chi connectivity index (χ2n) is 7.46. The number of hydrogen-bond donors (Lipinski definition) is 1. The fourth-order valence-electron chi connectivity index (χ4n) is 3.56. The van der Waals surface area contributed by atoms with Gasteiger partial charge in [0, 0.05) is 30.7 Å². The summed E-state index contributed by atoms with van der Waals surface area (Å²) in [6.07, 6.45) is 1.55. The summed E-state index contributed by atoms with van der Waals surface area (Å²) >= 11 is 12.7. The van der Waals surface area contributed by atoms with E-state index < -0.39 is 13.0 Å². The molecule has 1 aromatic carbocycles. The van der Waals surface area contributed by atoms with Crippen LogP contribution in [0.1, 0.15) is 6.42 Å². The molecule has 3 heterocycles. The van der Waals surface area contributed by atoms with Crippen LogP contribution in [0.3, 0.4) is 0 Å². The van der Waals surface area contributed by atoms with Crippen LogP contribution in [0.4, 0.5) is 26.1 Å². The van der Waals surface area contributed by atoms with Crippen LogP contribution in [0.15, 0.2) is 24.5 Å². The highest BCUT2D eigenvalue weighted by atomic mass is 35.5. The van der Waals surface area contributed by atoms with Crippen LogP contribution in [0.25, 0.3) is 10.9 Å². The topological polar surface area (TPSA) is 62.1 Å². The lowest BCUT2D eigenvalue weighted by Crippen LogP contribution is -2.31. The van der Waals surface area contributed by atoms with Gasteiger partial charge in [-0.3, -0.25) is 0 Å². The molecule has 1 atom stereocenters. The first-order valence-electron chi connectivity index (χ1n) is 9.46. The smallest absolute Gasteiger partial charge is 0.257 e. The predicted molar refractivity (Wildman–Crippen MR) is 115 cm³/mol. The maximum Gasteiger partial charge on any atom is 0.257 e. The molecule has 1 saturated heterocycles. The second kappa shape index (κ2) is 8.49. The van der Waals surface area contributed by atoms with E-state index in [2.05, 4.69) is 44.3 Å². The van der Waals surface area contributed by atoms with Crippen LogP contribution in [-0.2, 0) is 6.54 Å². The first-order valence-corrected chi connectivity index (χ1v) is 10.2. The standard InChI is InChI=1S/C19H21Cl2F2N7/c1-28(2)12-3-4-29(9-12)16-6-14-11(5-13(16)20)7-24-19(26-14)27-15-8-25-30(18(15)21)10-17(22)23/h5-8,12,17H,3-4,9-10H2,1-2H3,(H,24,26,27)/t12-/m1/s1. The Bertz CT molecular complexity index is 1060. The van der Waals surface area contributed by atoms with Crippen LogP contribution >= 0.6 is 23.2 Å². The number of halogens is 4. The lowest BCUT2D eigenvalue weighted by Gasteiger charge is -2.23. The Morgan fingerprint density at radius 3 is 2.77 bits per heavy atom. The number of benzene rings is 1. The molecule has 0 unspecified atom stereocenters. The number of nitrogens with zero attached hydrogens (tertiary/aromatic N) is 6. The molecular formula is C19H21Cl2F2N7. The van der Waals surface area contributed by atoms with Crippen molar-refractivity contribution in [2.45, 2.75) is 25.4 Å². The van der Waals surface area contributed by atoms with Gasteiger partial charge < -0.3 is 15.1 Å². The Morgan fingerprint density at radius 1 is 1.27 bits per heavy atom. The lowest BCUT2D eigenvalue weighted by molar-refractivity contribution is 0.122. The second-order valence-corrected chi connectivity index (χ2v) is 8.22. The van der Waals surface area contributed by atoms with Crippen molar-refractivity contribution < 1.29 is 8.78 Å². The zero-order chi connectivity index (χ0) is 21.4. The molecule has 0 aliphatic carbocycles. The van der Waals surface area contributed by atoms with Crippen LogP contribution < -0.4 is 10.2 Å². The molecule has 1 aliphatic rings. The molecule has 3 aromatic rings. The summed E-state index contributed by atoms with van der Waals surface area (Å²) in [5, 5.41) is 8.35. The normalized spacial score (nSPS) is 16.9. The van der Waals surface area contributed by atoms with Gasteiger partial charge in [-0.2, -0.15) is 5.10 Å². The van der Waals surface area contributed by atoms with Gasteiger partial charge in [-0.1, -0.05) is 23.2 Å². The number of anilines is 3. The van der Waals surface area contributed by atoms with E-state index in [0.717, 1.165) is 40.8 Å². The van der Waals surface area contributed by atoms with E-state index >= 15 is 0 Å². The Labute approximate surface area is 182 Å². The minimum atomic E-state index is -2.55. The fraction of sp³-hybridized carbons (Fsp3) is 0.421. The highest BCUT2D eigenvalue weighted by Crippen LogP contribution is 2.33. The molecule has 1 aliphatic heterocycles. The summed E-state index contributed by atoms with van der Waals surface area (Å²) in [5.41, 5.74) is 2.01. The molecule has 160 valence electrons. The Morgan fingerprint density at radius 2 is 2.07 bits per heavy atom. The number of nitrogens with one attached hydrogen (secondary N) is 1. The Balaban J connectivity index is 1.59. The number of fused-ring (bicyclic) bond motifs is 1. The first-order chi connectivity index (χ1) is 14.3. The van der Waals surface area contributed by atoms with Crippen molar-refractivity contribution in [2.24, 2.45) is 0 Å². The minimum Gasteiger partial charge on any atom is -0.369 e. The van der Waals surface area contributed by atoms with Crippen LogP contribution in [0, 0.1) is 0 Å². The quantitative estimate of drug-likeness (QED) is 0.598. The third-order valence-electron chi connectivity index (χ3n) is 5.22. The van der Waals surface area contributed by atoms with Crippen molar-refractivity contribution in [3.63, 3.8) is 0 Å². The summed E-state index contributed by atoms with van der Waals surface area (Å²) in [4.78, 5) is 13.3. The predicted octanol–water partition coefficient (Wildman–Crippen LogP) is 4.28. The zero-order valence-corrected chi connectivity index (χ0v) is 18.0. The molecular weight excluding hydrogens is 435 g/mol. The monoisotopic (exact) mass is 455 g/mol. The van der Waals surface area contributed by atoms with Crippen molar-refractivity contribution in [1.82, 2.24) is 24.6 Å². The molecule has 0 bridgehead atoms. The highest BCUT2D eigenvalue weighted by molar-refractivity contribution is 6.34. The number of alkyl halides is 2. The third kappa shape index (κ3) is 4.28. The molecule has 0 spiro atoms. The molecule has 0 radical (unpaired) electrons. The van der Waals surface area contributed by atoms with Crippen molar-refractivity contribution in [3.8, 4) is 0 Å². The van der Waals surface area contributed by atoms with Gasteiger partial charge in [-0.15, -0.1) is 0 Å². The molecule has 2 aromatic heterocycles. The number of likely N-dealkylation sites (N-methyl/N-ethyl adjacent to an activating group) is 1. The number of hydrogen-bond acceptors (Lipinski definition) is 6. The van der Waals surface area contributed by atoms with E-state index in [1.54, 1.807) is 6.20 Å². The van der Waals surface area contributed by atoms with E-state index in [9.17, 15) is 8.78 Å². The average molecular weight is 456 g/mol. The van der Waals surface area contributed by atoms with Crippen molar-refractivity contribution >= 4 is 51.4 Å². The summed E-state index contributed by atoms with van der Waals surface area (Å²) in [6.45, 7) is 1.24. The molecule has 1 N–H and O–H groups in total. The molecule has 1 fully saturated rings. The molecule has 30 heavy (non-hydrogen) atoms. The van der Waals surface area contributed by atoms with E-state index in [1.807, 2.05) is 12.1 Å². The maximum absolute atomic E-state index is 12.6. The van der Waals surface area contributed by atoms with Gasteiger partial charge in [-0.25, -0.2) is 23.4 Å².